The third-order valence-corrected chi connectivity index (χ3v) is 2.65. The number of benzene rings is 1. The Hall–Kier alpha value is -1.87. The Balaban J connectivity index is 2.59. The van der Waals surface area contributed by atoms with Gasteiger partial charge in [0.1, 0.15) is 6.61 Å². The predicted molar refractivity (Wildman–Crippen MR) is 81.1 cm³/mol. The lowest BCUT2D eigenvalue weighted by atomic mass is 10.1. The normalized spacial score (nSPS) is 9.86. The monoisotopic (exact) mass is 291 g/mol. The molecule has 1 aromatic carbocycles. The summed E-state index contributed by atoms with van der Waals surface area (Å²) in [5, 5.41) is 11.5. The van der Waals surface area contributed by atoms with Crippen molar-refractivity contribution in [2.24, 2.45) is 0 Å². The van der Waals surface area contributed by atoms with Gasteiger partial charge in [-0.05, 0) is 24.6 Å². The lowest BCUT2D eigenvalue weighted by molar-refractivity contribution is -0.121. The van der Waals surface area contributed by atoms with Crippen molar-refractivity contribution < 1.29 is 19.4 Å². The van der Waals surface area contributed by atoms with E-state index in [1.54, 1.807) is 7.11 Å². The summed E-state index contributed by atoms with van der Waals surface area (Å²) in [5.74, 6) is 5.57. The van der Waals surface area contributed by atoms with E-state index in [4.69, 9.17) is 14.6 Å². The van der Waals surface area contributed by atoms with Gasteiger partial charge in [-0.3, -0.25) is 4.79 Å². The molecule has 0 aliphatic rings. The van der Waals surface area contributed by atoms with E-state index in [9.17, 15) is 4.79 Å². The number of aryl methyl sites for hydroxylation is 1. The smallest absolute Gasteiger partial charge is 0.250 e. The molecular weight excluding hydrogens is 270 g/mol. The number of hydrogen-bond acceptors (Lipinski definition) is 4. The zero-order valence-electron chi connectivity index (χ0n) is 12.4. The van der Waals surface area contributed by atoms with Gasteiger partial charge in [0.25, 0.3) is 0 Å². The molecule has 1 rings (SSSR count). The Morgan fingerprint density at radius 2 is 2.19 bits per heavy atom. The maximum atomic E-state index is 11.8. The molecule has 0 unspecified atom stereocenters. The van der Waals surface area contributed by atoms with E-state index in [-0.39, 0.29) is 19.1 Å². The number of methoxy groups -OCH3 is 1. The average Bonchev–Trinajstić information content (AvgIpc) is 2.47. The first kappa shape index (κ1) is 17.2. The van der Waals surface area contributed by atoms with Crippen LogP contribution >= 0.6 is 0 Å². The fraction of sp³-hybridized carbons (Fsp3) is 0.438. The van der Waals surface area contributed by atoms with Crippen LogP contribution in [0.25, 0.3) is 0 Å². The molecular formula is C16H21NO4. The largest absolute Gasteiger partial charge is 0.395 e. The van der Waals surface area contributed by atoms with Crippen molar-refractivity contribution in [2.75, 3.05) is 38.9 Å². The van der Waals surface area contributed by atoms with E-state index in [0.29, 0.717) is 25.3 Å². The maximum Gasteiger partial charge on any atom is 0.250 e. The van der Waals surface area contributed by atoms with Crippen molar-refractivity contribution in [2.45, 2.75) is 13.3 Å². The first-order valence-electron chi connectivity index (χ1n) is 6.74. The summed E-state index contributed by atoms with van der Waals surface area (Å²) in [6.07, 6.45) is 0.433. The molecule has 0 aromatic heterocycles. The van der Waals surface area contributed by atoms with Crippen LogP contribution in [0, 0.1) is 18.8 Å². The van der Waals surface area contributed by atoms with Crippen LogP contribution in [0.4, 0.5) is 5.69 Å². The van der Waals surface area contributed by atoms with E-state index in [1.807, 2.05) is 25.1 Å². The van der Waals surface area contributed by atoms with Crippen LogP contribution in [-0.2, 0) is 14.3 Å². The van der Waals surface area contributed by atoms with Crippen LogP contribution in [0.15, 0.2) is 18.2 Å². The summed E-state index contributed by atoms with van der Waals surface area (Å²) in [5.41, 5.74) is 2.46. The van der Waals surface area contributed by atoms with Gasteiger partial charge in [0, 0.05) is 24.8 Å². The summed E-state index contributed by atoms with van der Waals surface area (Å²) < 4.78 is 10.00. The van der Waals surface area contributed by atoms with Gasteiger partial charge in [-0.2, -0.15) is 0 Å². The fourth-order valence-corrected chi connectivity index (χ4v) is 1.55. The lowest BCUT2D eigenvalue weighted by Gasteiger charge is -2.09. The molecule has 5 heteroatoms. The van der Waals surface area contributed by atoms with Crippen LogP contribution in [0.1, 0.15) is 17.5 Å². The van der Waals surface area contributed by atoms with Gasteiger partial charge >= 0.3 is 0 Å². The number of carbonyl (C=O) groups excluding carboxylic acids is 1. The molecule has 0 spiro atoms. The van der Waals surface area contributed by atoms with Crippen molar-refractivity contribution in [3.8, 4) is 11.8 Å². The van der Waals surface area contributed by atoms with Crippen LogP contribution in [0.2, 0.25) is 0 Å². The quantitative estimate of drug-likeness (QED) is 0.587. The number of nitrogens with one attached hydrogen (secondary N) is 1. The second kappa shape index (κ2) is 9.94. The Bertz CT molecular complexity index is 517. The van der Waals surface area contributed by atoms with Gasteiger partial charge in [0.2, 0.25) is 5.91 Å². The zero-order chi connectivity index (χ0) is 15.5. The van der Waals surface area contributed by atoms with Crippen molar-refractivity contribution in [1.82, 2.24) is 0 Å². The van der Waals surface area contributed by atoms with E-state index in [0.717, 1.165) is 11.1 Å². The minimum atomic E-state index is -0.213. The van der Waals surface area contributed by atoms with Gasteiger partial charge in [-0.25, -0.2) is 0 Å². The SMILES string of the molecule is COCCOCC(=O)Nc1cc(C#CCCO)ccc1C. The highest BCUT2D eigenvalue weighted by Gasteiger charge is 2.05. The molecule has 0 aliphatic heterocycles. The Labute approximate surface area is 125 Å². The third-order valence-electron chi connectivity index (χ3n) is 2.65. The van der Waals surface area contributed by atoms with Gasteiger partial charge in [0.05, 0.1) is 19.8 Å². The van der Waals surface area contributed by atoms with Gasteiger partial charge in [-0.1, -0.05) is 17.9 Å². The number of rotatable bonds is 7. The highest BCUT2D eigenvalue weighted by atomic mass is 16.5. The van der Waals surface area contributed by atoms with Crippen LogP contribution in [-0.4, -0.2) is 44.6 Å². The number of hydrogen-bond donors (Lipinski definition) is 2. The second-order valence-corrected chi connectivity index (χ2v) is 4.40. The predicted octanol–water partition coefficient (Wildman–Crippen LogP) is 1.33. The second-order valence-electron chi connectivity index (χ2n) is 4.40. The highest BCUT2D eigenvalue weighted by molar-refractivity contribution is 5.92. The van der Waals surface area contributed by atoms with Gasteiger partial charge in [0.15, 0.2) is 0 Å². The molecule has 2 N–H and O–H groups in total. The van der Waals surface area contributed by atoms with Crippen molar-refractivity contribution in [1.29, 1.82) is 0 Å². The molecule has 114 valence electrons. The molecule has 0 atom stereocenters. The molecule has 0 aliphatic carbocycles. The summed E-state index contributed by atoms with van der Waals surface area (Å²) in [6, 6.07) is 5.58. The van der Waals surface area contributed by atoms with Crippen molar-refractivity contribution in [3.05, 3.63) is 29.3 Å². The lowest BCUT2D eigenvalue weighted by Crippen LogP contribution is -2.20. The Kier molecular flexibility index (Phi) is 8.14. The summed E-state index contributed by atoms with van der Waals surface area (Å²) >= 11 is 0. The molecule has 0 radical (unpaired) electrons. The topological polar surface area (TPSA) is 67.8 Å². The number of amides is 1. The molecule has 5 nitrogen and oxygen atoms in total. The summed E-state index contributed by atoms with van der Waals surface area (Å²) in [4.78, 5) is 11.8. The van der Waals surface area contributed by atoms with Crippen molar-refractivity contribution in [3.63, 3.8) is 0 Å². The van der Waals surface area contributed by atoms with E-state index in [2.05, 4.69) is 17.2 Å². The van der Waals surface area contributed by atoms with E-state index >= 15 is 0 Å². The summed E-state index contributed by atoms with van der Waals surface area (Å²) in [7, 11) is 1.58. The van der Waals surface area contributed by atoms with Crippen LogP contribution < -0.4 is 5.32 Å². The van der Waals surface area contributed by atoms with E-state index in [1.165, 1.54) is 0 Å². The first-order valence-corrected chi connectivity index (χ1v) is 6.74. The molecule has 21 heavy (non-hydrogen) atoms. The van der Waals surface area contributed by atoms with Gasteiger partial charge in [-0.15, -0.1) is 0 Å². The maximum absolute atomic E-state index is 11.8. The molecule has 0 fully saturated rings. The summed E-state index contributed by atoms with van der Waals surface area (Å²) in [6.45, 7) is 2.79. The van der Waals surface area contributed by atoms with Crippen molar-refractivity contribution >= 4 is 11.6 Å². The zero-order valence-corrected chi connectivity index (χ0v) is 12.4. The number of aliphatic hydroxyl groups is 1. The van der Waals surface area contributed by atoms with E-state index < -0.39 is 0 Å². The fourth-order valence-electron chi connectivity index (χ4n) is 1.55. The standard InChI is InChI=1S/C16H21NO4/c1-13-6-7-14(5-3-4-8-18)11-15(13)17-16(19)12-21-10-9-20-2/h6-7,11,18H,4,8-10,12H2,1-2H3,(H,17,19). The average molecular weight is 291 g/mol. The van der Waals surface area contributed by atoms with Crippen LogP contribution in [0.5, 0.6) is 0 Å². The Morgan fingerprint density at radius 1 is 1.38 bits per heavy atom. The minimum Gasteiger partial charge on any atom is -0.395 e. The third kappa shape index (κ3) is 6.91. The number of aliphatic hydroxyl groups excluding tert-OH is 1. The Morgan fingerprint density at radius 3 is 2.90 bits per heavy atom. The first-order chi connectivity index (χ1) is 10.2. The number of anilines is 1. The molecule has 1 amide bonds. The van der Waals surface area contributed by atoms with Crippen LogP contribution in [0.3, 0.4) is 0 Å². The molecule has 0 saturated heterocycles. The van der Waals surface area contributed by atoms with Gasteiger partial charge < -0.3 is 19.9 Å². The minimum absolute atomic E-state index is 0.0107. The number of carbonyl (C=O) groups is 1. The molecule has 0 saturated carbocycles. The molecule has 1 aromatic rings. The highest BCUT2D eigenvalue weighted by Crippen LogP contribution is 2.16. The molecule has 0 heterocycles. The number of ether oxygens (including phenoxy) is 2. The molecule has 0 bridgehead atoms.